The number of anilines is 2. The van der Waals surface area contributed by atoms with E-state index in [0.29, 0.717) is 17.3 Å². The van der Waals surface area contributed by atoms with Crippen molar-refractivity contribution in [2.45, 2.75) is 13.0 Å². The van der Waals surface area contributed by atoms with Gasteiger partial charge in [0.25, 0.3) is 11.8 Å². The van der Waals surface area contributed by atoms with E-state index in [1.54, 1.807) is 25.1 Å². The molecule has 194 valence electrons. The number of primary amides is 1. The number of hydrogen-bond acceptors (Lipinski definition) is 9. The fourth-order valence-electron chi connectivity index (χ4n) is 3.41. The number of nitrogens with one attached hydrogen (secondary N) is 1. The second kappa shape index (κ2) is 11.9. The van der Waals surface area contributed by atoms with E-state index in [4.69, 9.17) is 20.9 Å². The zero-order valence-electron chi connectivity index (χ0n) is 19.9. The normalized spacial score (nSPS) is 11.3. The van der Waals surface area contributed by atoms with E-state index in [0.717, 1.165) is 17.0 Å². The van der Waals surface area contributed by atoms with Gasteiger partial charge in [-0.25, -0.2) is 4.39 Å². The molecule has 0 aliphatic carbocycles. The molecule has 5 N–H and O–H groups in total. The first kappa shape index (κ1) is 27.1. The fourth-order valence-corrected chi connectivity index (χ4v) is 4.16. The number of nitrogens with zero attached hydrogens (tertiary/aromatic N) is 2. The zero-order chi connectivity index (χ0) is 27.1. The van der Waals surface area contributed by atoms with Crippen LogP contribution in [0.15, 0.2) is 48.5 Å². The number of esters is 1. The second-order valence-corrected chi connectivity index (χ2v) is 8.27. The predicted octanol–water partition coefficient (Wildman–Crippen LogP) is 2.04. The fraction of sp³-hybridized carbons (Fsp3) is 0.208. The Morgan fingerprint density at radius 1 is 1.16 bits per heavy atom. The molecule has 0 radical (unpaired) electrons. The summed E-state index contributed by atoms with van der Waals surface area (Å²) in [6, 6.07) is 9.77. The number of aromatic nitrogens is 1. The van der Waals surface area contributed by atoms with Gasteiger partial charge in [0.2, 0.25) is 5.91 Å². The number of ether oxygens (including phenoxy) is 2. The third kappa shape index (κ3) is 6.19. The smallest absolute Gasteiger partial charge is 0.325 e. The molecule has 0 aliphatic rings. The highest BCUT2D eigenvalue weighted by molar-refractivity contribution is 7.09. The van der Waals surface area contributed by atoms with E-state index < -0.39 is 42.1 Å². The van der Waals surface area contributed by atoms with Crippen LogP contribution in [0.4, 0.5) is 15.8 Å². The molecule has 0 fully saturated rings. The summed E-state index contributed by atoms with van der Waals surface area (Å²) < 4.78 is 27.7. The van der Waals surface area contributed by atoms with Gasteiger partial charge in [-0.2, -0.15) is 4.37 Å². The maximum absolute atomic E-state index is 13.9. The van der Waals surface area contributed by atoms with Gasteiger partial charge in [-0.15, -0.1) is 0 Å². The minimum atomic E-state index is -1.41. The highest BCUT2D eigenvalue weighted by Gasteiger charge is 2.36. The van der Waals surface area contributed by atoms with E-state index >= 15 is 0 Å². The SMILES string of the molecule is CCOC(=O)CNC(=O)[C@H](c1ccc(F)cc1)N(C(=O)c1snc(C(N)=O)c1N)c1cccc(OC)c1. The maximum atomic E-state index is 13.9. The van der Waals surface area contributed by atoms with Crippen molar-refractivity contribution >= 4 is 46.6 Å². The first-order chi connectivity index (χ1) is 17.7. The van der Waals surface area contributed by atoms with Gasteiger partial charge in [0.15, 0.2) is 5.69 Å². The van der Waals surface area contributed by atoms with Crippen LogP contribution in [0.5, 0.6) is 5.75 Å². The maximum Gasteiger partial charge on any atom is 0.325 e. The molecule has 0 aliphatic heterocycles. The summed E-state index contributed by atoms with van der Waals surface area (Å²) in [7, 11) is 1.43. The van der Waals surface area contributed by atoms with Crippen LogP contribution in [0, 0.1) is 5.82 Å². The Kier molecular flexibility index (Phi) is 8.74. The van der Waals surface area contributed by atoms with E-state index in [1.807, 2.05) is 0 Å². The van der Waals surface area contributed by atoms with Gasteiger partial charge in [-0.3, -0.25) is 24.1 Å². The summed E-state index contributed by atoms with van der Waals surface area (Å²) in [5, 5.41) is 2.45. The number of rotatable bonds is 10. The Balaban J connectivity index is 2.17. The molecular formula is C24H24FN5O6S. The van der Waals surface area contributed by atoms with Crippen molar-refractivity contribution in [3.8, 4) is 5.75 Å². The molecule has 3 amide bonds. The van der Waals surface area contributed by atoms with Crippen molar-refractivity contribution in [1.29, 1.82) is 0 Å². The lowest BCUT2D eigenvalue weighted by Crippen LogP contribution is -2.45. The number of carbonyl (C=O) groups is 4. The lowest BCUT2D eigenvalue weighted by molar-refractivity contribution is -0.143. The standard InChI is InChI=1S/C24H24FN5O6S/c1-3-36-17(31)12-28-23(33)20(13-7-9-14(25)10-8-13)30(15-5-4-6-16(11-15)35-2)24(34)21-18(26)19(22(27)32)29-37-21/h4-11,20H,3,12,26H2,1-2H3,(H2,27,32)(H,28,33)/t20-/m0/s1. The molecule has 1 heterocycles. The molecule has 3 rings (SSSR count). The average molecular weight is 530 g/mol. The molecule has 0 saturated heterocycles. The average Bonchev–Trinajstić information content (AvgIpc) is 3.28. The molecule has 1 atom stereocenters. The monoisotopic (exact) mass is 529 g/mol. The van der Waals surface area contributed by atoms with Crippen LogP contribution in [-0.2, 0) is 14.3 Å². The minimum absolute atomic E-state index is 0.108. The van der Waals surface area contributed by atoms with Gasteiger partial charge in [0.1, 0.15) is 29.0 Å². The van der Waals surface area contributed by atoms with Crippen molar-refractivity contribution in [3.63, 3.8) is 0 Å². The summed E-state index contributed by atoms with van der Waals surface area (Å²) >= 11 is 0.633. The summed E-state index contributed by atoms with van der Waals surface area (Å²) in [5.74, 6) is -3.37. The van der Waals surface area contributed by atoms with Crippen molar-refractivity contribution in [1.82, 2.24) is 9.69 Å². The van der Waals surface area contributed by atoms with Gasteiger partial charge < -0.3 is 26.3 Å². The van der Waals surface area contributed by atoms with Crippen LogP contribution in [0.25, 0.3) is 0 Å². The van der Waals surface area contributed by atoms with Crippen LogP contribution in [0.1, 0.15) is 38.7 Å². The summed E-state index contributed by atoms with van der Waals surface area (Å²) in [4.78, 5) is 51.9. The van der Waals surface area contributed by atoms with Crippen molar-refractivity contribution in [3.05, 3.63) is 70.5 Å². The molecule has 0 bridgehead atoms. The summed E-state index contributed by atoms with van der Waals surface area (Å²) in [6.07, 6.45) is 0. The Hall–Kier alpha value is -4.52. The second-order valence-electron chi connectivity index (χ2n) is 7.49. The Bertz CT molecular complexity index is 1310. The molecule has 37 heavy (non-hydrogen) atoms. The summed E-state index contributed by atoms with van der Waals surface area (Å²) in [6.45, 7) is 1.25. The Morgan fingerprint density at radius 2 is 1.86 bits per heavy atom. The predicted molar refractivity (Wildman–Crippen MR) is 134 cm³/mol. The number of amides is 3. The van der Waals surface area contributed by atoms with E-state index in [9.17, 15) is 23.6 Å². The molecule has 11 nitrogen and oxygen atoms in total. The van der Waals surface area contributed by atoms with Crippen molar-refractivity contribution < 1.29 is 33.0 Å². The van der Waals surface area contributed by atoms with Gasteiger partial charge in [-0.05, 0) is 48.3 Å². The van der Waals surface area contributed by atoms with E-state index in [2.05, 4.69) is 9.69 Å². The van der Waals surface area contributed by atoms with Crippen LogP contribution < -0.4 is 26.4 Å². The first-order valence-electron chi connectivity index (χ1n) is 10.9. The highest BCUT2D eigenvalue weighted by atomic mass is 32.1. The van der Waals surface area contributed by atoms with E-state index in [1.165, 1.54) is 25.3 Å². The third-order valence-corrected chi connectivity index (χ3v) is 5.96. The molecule has 0 unspecified atom stereocenters. The topological polar surface area (TPSA) is 167 Å². The molecule has 2 aromatic carbocycles. The zero-order valence-corrected chi connectivity index (χ0v) is 20.7. The van der Waals surface area contributed by atoms with Gasteiger partial charge in [0, 0.05) is 11.8 Å². The number of benzene rings is 2. The Morgan fingerprint density at radius 3 is 2.46 bits per heavy atom. The lowest BCUT2D eigenvalue weighted by atomic mass is 10.0. The van der Waals surface area contributed by atoms with Gasteiger partial charge in [-0.1, -0.05) is 18.2 Å². The molecule has 0 spiro atoms. The summed E-state index contributed by atoms with van der Waals surface area (Å²) in [5.41, 5.74) is 11.2. The third-order valence-electron chi connectivity index (χ3n) is 5.11. The molecule has 1 aromatic heterocycles. The quantitative estimate of drug-likeness (QED) is 0.335. The van der Waals surface area contributed by atoms with Gasteiger partial charge >= 0.3 is 5.97 Å². The number of hydrogen-bond donors (Lipinski definition) is 3. The highest BCUT2D eigenvalue weighted by Crippen LogP contribution is 2.34. The minimum Gasteiger partial charge on any atom is -0.497 e. The number of nitrogen functional groups attached to an aromatic ring is 1. The first-order valence-corrected chi connectivity index (χ1v) is 11.7. The molecule has 0 saturated carbocycles. The van der Waals surface area contributed by atoms with Crippen LogP contribution in [-0.4, -0.2) is 48.3 Å². The van der Waals surface area contributed by atoms with Gasteiger partial charge in [0.05, 0.1) is 19.4 Å². The van der Waals surface area contributed by atoms with Crippen LogP contribution >= 0.6 is 11.5 Å². The van der Waals surface area contributed by atoms with Crippen molar-refractivity contribution in [2.75, 3.05) is 30.9 Å². The van der Waals surface area contributed by atoms with Crippen LogP contribution in [0.2, 0.25) is 0 Å². The Labute approximate surface area is 215 Å². The van der Waals surface area contributed by atoms with Crippen molar-refractivity contribution in [2.24, 2.45) is 5.73 Å². The molecule has 13 heteroatoms. The lowest BCUT2D eigenvalue weighted by Gasteiger charge is -2.31. The number of methoxy groups -OCH3 is 1. The molecular weight excluding hydrogens is 505 g/mol. The number of nitrogens with two attached hydrogens (primary N) is 2. The molecule has 3 aromatic rings. The number of halogens is 1. The largest absolute Gasteiger partial charge is 0.497 e. The number of carbonyl (C=O) groups excluding carboxylic acids is 4. The van der Waals surface area contributed by atoms with E-state index in [-0.39, 0.29) is 34.1 Å². The van der Waals surface area contributed by atoms with Crippen LogP contribution in [0.3, 0.4) is 0 Å².